The molecule has 1 saturated heterocycles. The van der Waals surface area contributed by atoms with E-state index in [1.54, 1.807) is 6.08 Å². The van der Waals surface area contributed by atoms with Crippen LogP contribution in [-0.2, 0) is 19.1 Å². The van der Waals surface area contributed by atoms with Crippen molar-refractivity contribution < 1.29 is 19.1 Å². The van der Waals surface area contributed by atoms with Gasteiger partial charge in [-0.25, -0.2) is 4.79 Å². The zero-order valence-corrected chi connectivity index (χ0v) is 12.9. The van der Waals surface area contributed by atoms with E-state index in [0.717, 1.165) is 42.9 Å². The quantitative estimate of drug-likeness (QED) is 0.633. The molecule has 1 aliphatic carbocycles. The average molecular weight is 304 g/mol. The Kier molecular flexibility index (Phi) is 3.22. The molecule has 1 fully saturated rings. The number of ether oxygens (including phenoxy) is 2. The zero-order chi connectivity index (χ0) is 15.3. The fourth-order valence-corrected chi connectivity index (χ4v) is 3.80. The van der Waals surface area contributed by atoms with Crippen molar-refractivity contribution in [3.8, 4) is 0 Å². The number of nitrogens with zero attached hydrogens (tertiary/aromatic N) is 2. The minimum Gasteiger partial charge on any atom is -0.454 e. The van der Waals surface area contributed by atoms with Crippen molar-refractivity contribution in [1.29, 1.82) is 0 Å². The fourth-order valence-electron chi connectivity index (χ4n) is 3.80. The third-order valence-corrected chi connectivity index (χ3v) is 4.57. The van der Waals surface area contributed by atoms with E-state index < -0.39 is 0 Å². The minimum absolute atomic E-state index is 0.124. The molecule has 4 rings (SSSR count). The van der Waals surface area contributed by atoms with Crippen molar-refractivity contribution in [3.05, 3.63) is 22.8 Å². The Labute approximate surface area is 129 Å². The largest absolute Gasteiger partial charge is 0.454 e. The van der Waals surface area contributed by atoms with E-state index in [-0.39, 0.29) is 24.3 Å². The molecule has 0 aromatic rings. The van der Waals surface area contributed by atoms with E-state index in [2.05, 4.69) is 10.1 Å². The van der Waals surface area contributed by atoms with Gasteiger partial charge in [-0.1, -0.05) is 5.16 Å². The topological polar surface area (TPSA) is 60.4 Å². The number of esters is 1. The van der Waals surface area contributed by atoms with E-state index in [1.165, 1.54) is 5.57 Å². The first-order valence-corrected chi connectivity index (χ1v) is 7.87. The van der Waals surface area contributed by atoms with Crippen LogP contribution in [0.4, 0.5) is 0 Å². The fraction of sp³-hybridized carbons (Fsp3) is 0.625. The first kappa shape index (κ1) is 13.8. The van der Waals surface area contributed by atoms with Gasteiger partial charge in [-0.3, -0.25) is 0 Å². The number of hydrogen-bond donors (Lipinski definition) is 0. The summed E-state index contributed by atoms with van der Waals surface area (Å²) in [6.45, 7) is 6.07. The number of morpholine rings is 1. The van der Waals surface area contributed by atoms with Gasteiger partial charge in [-0.2, -0.15) is 0 Å². The second kappa shape index (κ2) is 5.12. The molecule has 118 valence electrons. The summed E-state index contributed by atoms with van der Waals surface area (Å²) in [4.78, 5) is 19.6. The molecule has 3 atom stereocenters. The lowest BCUT2D eigenvalue weighted by atomic mass is 9.96. The summed E-state index contributed by atoms with van der Waals surface area (Å²) in [5.74, 6) is 0.463. The Morgan fingerprint density at radius 3 is 2.82 bits per heavy atom. The molecule has 6 nitrogen and oxygen atoms in total. The van der Waals surface area contributed by atoms with Crippen LogP contribution < -0.4 is 0 Å². The molecule has 4 aliphatic rings. The van der Waals surface area contributed by atoms with Gasteiger partial charge in [0.15, 0.2) is 5.84 Å². The summed E-state index contributed by atoms with van der Waals surface area (Å²) >= 11 is 0. The molecule has 6 heteroatoms. The first-order chi connectivity index (χ1) is 10.6. The SMILES string of the molecule is C[C@@H]1CN(C2=NOCC3=C4C2=CC(=O)OC4CC3)C[C@H](C)O1. The van der Waals surface area contributed by atoms with Crippen molar-refractivity contribution in [2.75, 3.05) is 19.7 Å². The van der Waals surface area contributed by atoms with Crippen LogP contribution in [0.1, 0.15) is 26.7 Å². The third-order valence-electron chi connectivity index (χ3n) is 4.57. The van der Waals surface area contributed by atoms with E-state index in [9.17, 15) is 4.79 Å². The lowest BCUT2D eigenvalue weighted by Crippen LogP contribution is -2.49. The van der Waals surface area contributed by atoms with E-state index in [1.807, 2.05) is 13.8 Å². The van der Waals surface area contributed by atoms with Gasteiger partial charge in [0.25, 0.3) is 0 Å². The predicted molar refractivity (Wildman–Crippen MR) is 79.2 cm³/mol. The average Bonchev–Trinajstić information content (AvgIpc) is 2.74. The van der Waals surface area contributed by atoms with Crippen LogP contribution in [0.15, 0.2) is 28.0 Å². The van der Waals surface area contributed by atoms with Crippen LogP contribution in [0.25, 0.3) is 0 Å². The second-order valence-corrected chi connectivity index (χ2v) is 6.39. The molecular formula is C16H20N2O4. The number of carbonyl (C=O) groups is 1. The van der Waals surface area contributed by atoms with Gasteiger partial charge < -0.3 is 19.2 Å². The molecule has 3 heterocycles. The van der Waals surface area contributed by atoms with Crippen LogP contribution >= 0.6 is 0 Å². The van der Waals surface area contributed by atoms with Gasteiger partial charge in [0, 0.05) is 30.3 Å². The summed E-state index contributed by atoms with van der Waals surface area (Å²) in [5, 5.41) is 4.32. The Balaban J connectivity index is 1.73. The van der Waals surface area contributed by atoms with Gasteiger partial charge in [-0.15, -0.1) is 0 Å². The highest BCUT2D eigenvalue weighted by Gasteiger charge is 2.40. The number of carbonyl (C=O) groups excluding carboxylic acids is 1. The highest BCUT2D eigenvalue weighted by Crippen LogP contribution is 2.39. The summed E-state index contributed by atoms with van der Waals surface area (Å²) in [6.07, 6.45) is 3.43. The summed E-state index contributed by atoms with van der Waals surface area (Å²) in [7, 11) is 0. The van der Waals surface area contributed by atoms with Crippen molar-refractivity contribution in [2.24, 2.45) is 5.16 Å². The highest BCUT2D eigenvalue weighted by molar-refractivity contribution is 6.08. The second-order valence-electron chi connectivity index (χ2n) is 6.39. The minimum atomic E-state index is -0.283. The van der Waals surface area contributed by atoms with E-state index in [0.29, 0.717) is 6.61 Å². The smallest absolute Gasteiger partial charge is 0.332 e. The molecule has 0 aromatic heterocycles. The van der Waals surface area contributed by atoms with E-state index in [4.69, 9.17) is 14.3 Å². The number of hydrogen-bond acceptors (Lipinski definition) is 6. The normalized spacial score (nSPS) is 34.4. The monoisotopic (exact) mass is 304 g/mol. The zero-order valence-electron chi connectivity index (χ0n) is 12.9. The molecule has 0 spiro atoms. The number of amidine groups is 1. The van der Waals surface area contributed by atoms with Crippen LogP contribution in [-0.4, -0.2) is 54.7 Å². The molecule has 0 bridgehead atoms. The molecule has 1 unspecified atom stereocenters. The maximum absolute atomic E-state index is 11.9. The van der Waals surface area contributed by atoms with Crippen LogP contribution in [0.5, 0.6) is 0 Å². The molecule has 0 saturated carbocycles. The van der Waals surface area contributed by atoms with Gasteiger partial charge >= 0.3 is 5.97 Å². The van der Waals surface area contributed by atoms with Crippen molar-refractivity contribution in [2.45, 2.75) is 45.0 Å². The lowest BCUT2D eigenvalue weighted by Gasteiger charge is -2.38. The lowest BCUT2D eigenvalue weighted by molar-refractivity contribution is -0.141. The summed E-state index contributed by atoms with van der Waals surface area (Å²) < 4.78 is 11.2. The Morgan fingerprint density at radius 1 is 1.27 bits per heavy atom. The molecular weight excluding hydrogens is 284 g/mol. The van der Waals surface area contributed by atoms with Crippen molar-refractivity contribution >= 4 is 11.8 Å². The van der Waals surface area contributed by atoms with Crippen LogP contribution in [0.3, 0.4) is 0 Å². The standard InChI is InChI=1S/C16H20N2O4/c1-9-6-18(7-10(2)21-9)16-12-5-14(19)22-13-4-3-11(15(12)13)8-20-17-16/h5,9-10,13H,3-4,6-8H2,1-2H3/t9-,10+,13?. The molecule has 22 heavy (non-hydrogen) atoms. The Hall–Kier alpha value is -1.82. The highest BCUT2D eigenvalue weighted by atomic mass is 16.6. The molecule has 0 amide bonds. The number of oxime groups is 1. The van der Waals surface area contributed by atoms with Gasteiger partial charge in [0.1, 0.15) is 12.7 Å². The predicted octanol–water partition coefficient (Wildman–Crippen LogP) is 1.38. The van der Waals surface area contributed by atoms with Gasteiger partial charge in [0.05, 0.1) is 12.2 Å². The first-order valence-electron chi connectivity index (χ1n) is 7.87. The van der Waals surface area contributed by atoms with Crippen LogP contribution in [0.2, 0.25) is 0 Å². The molecule has 0 N–H and O–H groups in total. The van der Waals surface area contributed by atoms with E-state index >= 15 is 0 Å². The van der Waals surface area contributed by atoms with Crippen molar-refractivity contribution in [1.82, 2.24) is 4.90 Å². The maximum atomic E-state index is 11.9. The maximum Gasteiger partial charge on any atom is 0.332 e. The molecule has 0 radical (unpaired) electrons. The molecule has 3 aliphatic heterocycles. The van der Waals surface area contributed by atoms with Crippen LogP contribution in [0, 0.1) is 0 Å². The number of rotatable bonds is 0. The summed E-state index contributed by atoms with van der Waals surface area (Å²) in [5.41, 5.74) is 3.20. The van der Waals surface area contributed by atoms with Gasteiger partial charge in [0.2, 0.25) is 0 Å². The Bertz CT molecular complexity index is 597. The van der Waals surface area contributed by atoms with Crippen molar-refractivity contribution in [3.63, 3.8) is 0 Å². The third kappa shape index (κ3) is 2.22. The summed E-state index contributed by atoms with van der Waals surface area (Å²) in [6, 6.07) is 0. The molecule has 0 aromatic carbocycles. The van der Waals surface area contributed by atoms with Gasteiger partial charge in [-0.05, 0) is 32.3 Å². The Morgan fingerprint density at radius 2 is 2.05 bits per heavy atom.